The van der Waals surface area contributed by atoms with Gasteiger partial charge in [-0.3, -0.25) is 9.69 Å². The molecule has 3 nitrogen and oxygen atoms in total. The molecule has 1 saturated heterocycles. The first-order chi connectivity index (χ1) is 7.65. The molecule has 0 atom stereocenters. The van der Waals surface area contributed by atoms with Crippen LogP contribution < -0.4 is 0 Å². The maximum atomic E-state index is 12.0. The van der Waals surface area contributed by atoms with Crippen LogP contribution in [0.5, 0.6) is 0 Å². The molecule has 0 unspecified atom stereocenters. The smallest absolute Gasteiger partial charge is 0.186 e. The molecule has 2 heterocycles. The second kappa shape index (κ2) is 5.08. The van der Waals surface area contributed by atoms with E-state index in [1.165, 1.54) is 4.88 Å². The zero-order valence-electron chi connectivity index (χ0n) is 9.90. The third-order valence-electron chi connectivity index (χ3n) is 2.98. The van der Waals surface area contributed by atoms with E-state index >= 15 is 0 Å². The molecule has 1 fully saturated rings. The molecule has 1 aliphatic rings. The molecular weight excluding hydrogens is 220 g/mol. The average Bonchev–Trinajstić information content (AvgIpc) is 2.68. The van der Waals surface area contributed by atoms with Gasteiger partial charge in [-0.25, -0.2) is 0 Å². The van der Waals surface area contributed by atoms with Crippen LogP contribution in [0.2, 0.25) is 0 Å². The lowest BCUT2D eigenvalue weighted by atomic mass is 10.2. The van der Waals surface area contributed by atoms with Crippen molar-refractivity contribution in [1.82, 2.24) is 9.80 Å². The Morgan fingerprint density at radius 1 is 1.31 bits per heavy atom. The molecule has 0 radical (unpaired) electrons. The molecular formula is C12H18N2OS. The summed E-state index contributed by atoms with van der Waals surface area (Å²) in [4.78, 5) is 18.6. The maximum Gasteiger partial charge on any atom is 0.186 e. The molecule has 4 heteroatoms. The molecule has 2 rings (SSSR count). The number of hydrogen-bond donors (Lipinski definition) is 0. The summed E-state index contributed by atoms with van der Waals surface area (Å²) < 4.78 is 0. The molecule has 1 aromatic rings. The van der Waals surface area contributed by atoms with Crippen molar-refractivity contribution >= 4 is 17.1 Å². The highest BCUT2D eigenvalue weighted by atomic mass is 32.1. The van der Waals surface area contributed by atoms with Gasteiger partial charge in [-0.2, -0.15) is 0 Å². The van der Waals surface area contributed by atoms with Gasteiger partial charge in [0.15, 0.2) is 5.78 Å². The van der Waals surface area contributed by atoms with Gasteiger partial charge in [-0.1, -0.05) is 0 Å². The molecule has 0 aromatic carbocycles. The topological polar surface area (TPSA) is 23.6 Å². The Hall–Kier alpha value is -0.710. The van der Waals surface area contributed by atoms with Crippen molar-refractivity contribution in [2.24, 2.45) is 0 Å². The number of ketones is 1. The predicted octanol–water partition coefficient (Wildman–Crippen LogP) is 1.49. The van der Waals surface area contributed by atoms with Crippen LogP contribution in [0.15, 0.2) is 12.1 Å². The van der Waals surface area contributed by atoms with Crippen molar-refractivity contribution in [3.8, 4) is 0 Å². The lowest BCUT2D eigenvalue weighted by Crippen LogP contribution is -2.46. The molecule has 16 heavy (non-hydrogen) atoms. The van der Waals surface area contributed by atoms with Crippen LogP contribution >= 0.6 is 11.3 Å². The van der Waals surface area contributed by atoms with Crippen molar-refractivity contribution in [2.75, 3.05) is 39.8 Å². The van der Waals surface area contributed by atoms with Crippen LogP contribution in [0.4, 0.5) is 0 Å². The monoisotopic (exact) mass is 238 g/mol. The van der Waals surface area contributed by atoms with Gasteiger partial charge in [0.05, 0.1) is 11.4 Å². The second-order valence-corrected chi connectivity index (χ2v) is 5.70. The van der Waals surface area contributed by atoms with Crippen molar-refractivity contribution in [2.45, 2.75) is 6.92 Å². The Morgan fingerprint density at radius 2 is 2.00 bits per heavy atom. The molecule has 0 saturated carbocycles. The number of Topliss-reactive ketones (excluding diaryl/α,β-unsaturated/α-hetero) is 1. The highest BCUT2D eigenvalue weighted by molar-refractivity contribution is 7.14. The summed E-state index contributed by atoms with van der Waals surface area (Å²) in [5, 5.41) is 0. The van der Waals surface area contributed by atoms with Gasteiger partial charge in [0.2, 0.25) is 0 Å². The van der Waals surface area contributed by atoms with E-state index in [2.05, 4.69) is 16.8 Å². The van der Waals surface area contributed by atoms with Gasteiger partial charge in [-0.05, 0) is 26.1 Å². The molecule has 88 valence electrons. The SMILES string of the molecule is Cc1ccc(C(=O)CN2CCN(C)CC2)s1. The molecule has 0 N–H and O–H groups in total. The van der Waals surface area contributed by atoms with E-state index in [9.17, 15) is 4.79 Å². The van der Waals surface area contributed by atoms with E-state index in [1.54, 1.807) is 11.3 Å². The van der Waals surface area contributed by atoms with Gasteiger partial charge in [0, 0.05) is 31.1 Å². The lowest BCUT2D eigenvalue weighted by Gasteiger charge is -2.31. The van der Waals surface area contributed by atoms with Crippen LogP contribution in [0, 0.1) is 6.92 Å². The van der Waals surface area contributed by atoms with E-state index < -0.39 is 0 Å². The number of aryl methyl sites for hydroxylation is 1. The highest BCUT2D eigenvalue weighted by Gasteiger charge is 2.17. The van der Waals surface area contributed by atoms with E-state index in [0.717, 1.165) is 31.1 Å². The summed E-state index contributed by atoms with van der Waals surface area (Å²) in [5.41, 5.74) is 0. The normalized spacial score (nSPS) is 18.9. The summed E-state index contributed by atoms with van der Waals surface area (Å²) in [6.07, 6.45) is 0. The quantitative estimate of drug-likeness (QED) is 0.745. The van der Waals surface area contributed by atoms with Gasteiger partial charge < -0.3 is 4.90 Å². The van der Waals surface area contributed by atoms with Crippen LogP contribution in [0.3, 0.4) is 0 Å². The fourth-order valence-electron chi connectivity index (χ4n) is 1.87. The number of nitrogens with zero attached hydrogens (tertiary/aromatic N) is 2. The maximum absolute atomic E-state index is 12.0. The first-order valence-corrected chi connectivity index (χ1v) is 6.47. The molecule has 1 aromatic heterocycles. The van der Waals surface area contributed by atoms with Crippen molar-refractivity contribution in [1.29, 1.82) is 0 Å². The third kappa shape index (κ3) is 2.90. The van der Waals surface area contributed by atoms with Gasteiger partial charge in [0.1, 0.15) is 0 Å². The zero-order valence-corrected chi connectivity index (χ0v) is 10.7. The zero-order chi connectivity index (χ0) is 11.5. The summed E-state index contributed by atoms with van der Waals surface area (Å²) in [5.74, 6) is 0.266. The number of hydrogen-bond acceptors (Lipinski definition) is 4. The highest BCUT2D eigenvalue weighted by Crippen LogP contribution is 2.16. The number of piperazine rings is 1. The minimum absolute atomic E-state index is 0.266. The number of rotatable bonds is 3. The molecule has 0 spiro atoms. The Labute approximate surface area is 101 Å². The summed E-state index contributed by atoms with van der Waals surface area (Å²) in [6.45, 7) is 6.76. The minimum atomic E-state index is 0.266. The lowest BCUT2D eigenvalue weighted by molar-refractivity contribution is 0.0880. The van der Waals surface area contributed by atoms with Crippen LogP contribution in [0.25, 0.3) is 0 Å². The first-order valence-electron chi connectivity index (χ1n) is 5.65. The number of carbonyl (C=O) groups is 1. The van der Waals surface area contributed by atoms with E-state index in [-0.39, 0.29) is 5.78 Å². The second-order valence-electron chi connectivity index (χ2n) is 4.41. The number of carbonyl (C=O) groups excluding carboxylic acids is 1. The summed E-state index contributed by atoms with van der Waals surface area (Å²) in [6, 6.07) is 3.96. The third-order valence-corrected chi connectivity index (χ3v) is 4.02. The average molecular weight is 238 g/mol. The van der Waals surface area contributed by atoms with Crippen molar-refractivity contribution < 1.29 is 4.79 Å². The van der Waals surface area contributed by atoms with Gasteiger partial charge in [-0.15, -0.1) is 11.3 Å². The van der Waals surface area contributed by atoms with Gasteiger partial charge >= 0.3 is 0 Å². The Kier molecular flexibility index (Phi) is 3.74. The Bertz CT molecular complexity index is 367. The molecule has 1 aliphatic heterocycles. The standard InChI is InChI=1S/C12H18N2OS/c1-10-3-4-12(16-10)11(15)9-14-7-5-13(2)6-8-14/h3-4H,5-9H2,1-2H3. The van der Waals surface area contributed by atoms with Crippen molar-refractivity contribution in [3.63, 3.8) is 0 Å². The summed E-state index contributed by atoms with van der Waals surface area (Å²) in [7, 11) is 2.13. The number of thiophene rings is 1. The Balaban J connectivity index is 1.88. The Morgan fingerprint density at radius 3 is 2.56 bits per heavy atom. The number of likely N-dealkylation sites (N-methyl/N-ethyl adjacent to an activating group) is 1. The van der Waals surface area contributed by atoms with E-state index in [1.807, 2.05) is 19.1 Å². The van der Waals surface area contributed by atoms with E-state index in [0.29, 0.717) is 6.54 Å². The van der Waals surface area contributed by atoms with Crippen LogP contribution in [0.1, 0.15) is 14.5 Å². The minimum Gasteiger partial charge on any atom is -0.304 e. The van der Waals surface area contributed by atoms with Gasteiger partial charge in [0.25, 0.3) is 0 Å². The fourth-order valence-corrected chi connectivity index (χ4v) is 2.67. The van der Waals surface area contributed by atoms with E-state index in [4.69, 9.17) is 0 Å². The molecule has 0 amide bonds. The molecule has 0 aliphatic carbocycles. The first kappa shape index (κ1) is 11.8. The van der Waals surface area contributed by atoms with Crippen LogP contribution in [-0.2, 0) is 0 Å². The summed E-state index contributed by atoms with van der Waals surface area (Å²) >= 11 is 1.60. The van der Waals surface area contributed by atoms with Crippen molar-refractivity contribution in [3.05, 3.63) is 21.9 Å². The van der Waals surface area contributed by atoms with Crippen LogP contribution in [-0.4, -0.2) is 55.4 Å². The molecule has 0 bridgehead atoms. The predicted molar refractivity (Wildman–Crippen MR) is 67.3 cm³/mol. The fraction of sp³-hybridized carbons (Fsp3) is 0.583. The largest absolute Gasteiger partial charge is 0.304 e.